The lowest BCUT2D eigenvalue weighted by Gasteiger charge is -2.40. The number of benzene rings is 2. The number of carbonyl (C=O) groups excluding carboxylic acids is 1. The number of amides is 1. The van der Waals surface area contributed by atoms with Gasteiger partial charge in [-0.2, -0.15) is 0 Å². The van der Waals surface area contributed by atoms with Crippen LogP contribution in [0.15, 0.2) is 77.0 Å². The third-order valence-corrected chi connectivity index (χ3v) is 13.5. The summed E-state index contributed by atoms with van der Waals surface area (Å²) < 4.78 is 41.0. The highest BCUT2D eigenvalue weighted by atomic mass is 35.5. The Morgan fingerprint density at radius 2 is 1.82 bits per heavy atom. The minimum atomic E-state index is -4.53. The van der Waals surface area contributed by atoms with E-state index in [1.165, 1.54) is 44.0 Å². The first-order valence-corrected chi connectivity index (χ1v) is 21.8. The van der Waals surface area contributed by atoms with Gasteiger partial charge in [-0.25, -0.2) is 18.1 Å². The number of pyridine rings is 1. The maximum atomic E-state index is 13.8. The number of aromatic nitrogens is 2. The Kier molecular flexibility index (Phi) is 11.7. The summed E-state index contributed by atoms with van der Waals surface area (Å²) in [5, 5.41) is 16.3. The van der Waals surface area contributed by atoms with E-state index in [0.29, 0.717) is 42.5 Å². The number of carbonyl (C=O) groups is 1. The molecule has 0 bridgehead atoms. The predicted octanol–water partition coefficient (Wildman–Crippen LogP) is 7.23. The summed E-state index contributed by atoms with van der Waals surface area (Å²) in [5.74, 6) is 0.501. The van der Waals surface area contributed by atoms with Gasteiger partial charge < -0.3 is 24.7 Å². The molecule has 14 nitrogen and oxygen atoms in total. The molecule has 3 N–H and O–H groups in total. The number of nitro benzene ring substituents is 1. The number of alkyl halides is 1. The first-order chi connectivity index (χ1) is 27.6. The quantitative estimate of drug-likeness (QED) is 0.0538. The van der Waals surface area contributed by atoms with E-state index in [0.717, 1.165) is 75.5 Å². The van der Waals surface area contributed by atoms with Crippen molar-refractivity contribution in [2.45, 2.75) is 61.6 Å². The summed E-state index contributed by atoms with van der Waals surface area (Å²) in [6.45, 7) is 6.03. The van der Waals surface area contributed by atoms with Gasteiger partial charge in [0.1, 0.15) is 22.8 Å². The van der Waals surface area contributed by atoms with E-state index in [-0.39, 0.29) is 22.9 Å². The topological polar surface area (TPSA) is 172 Å². The number of nitrogens with zero attached hydrogens (tertiary/aromatic N) is 4. The first-order valence-electron chi connectivity index (χ1n) is 19.8. The van der Waals surface area contributed by atoms with Crippen molar-refractivity contribution in [2.24, 2.45) is 11.8 Å². The lowest BCUT2D eigenvalue weighted by atomic mass is 9.73. The minimum Gasteiger partial charge on any atom is -0.455 e. The zero-order chi connectivity index (χ0) is 39.5. The third kappa shape index (κ3) is 9.06. The van der Waals surface area contributed by atoms with Crippen LogP contribution in [0.3, 0.4) is 0 Å². The zero-order valence-corrected chi connectivity index (χ0v) is 33.3. The molecule has 0 spiro atoms. The van der Waals surface area contributed by atoms with Gasteiger partial charge in [-0.3, -0.25) is 19.8 Å². The van der Waals surface area contributed by atoms with Crippen LogP contribution in [0.4, 0.5) is 17.1 Å². The van der Waals surface area contributed by atoms with Crippen LogP contribution in [0.1, 0.15) is 61.7 Å². The molecular weight excluding hydrogens is 770 g/mol. The molecule has 57 heavy (non-hydrogen) atoms. The largest absolute Gasteiger partial charge is 0.455 e. The van der Waals surface area contributed by atoms with Gasteiger partial charge in [0.15, 0.2) is 0 Å². The van der Waals surface area contributed by atoms with Crippen LogP contribution in [0.5, 0.6) is 11.5 Å². The van der Waals surface area contributed by atoms with E-state index in [1.807, 2.05) is 6.07 Å². The van der Waals surface area contributed by atoms with Gasteiger partial charge in [-0.05, 0) is 99.6 Å². The van der Waals surface area contributed by atoms with Crippen molar-refractivity contribution in [2.75, 3.05) is 62.7 Å². The molecule has 302 valence electrons. The first kappa shape index (κ1) is 39.1. The van der Waals surface area contributed by atoms with Crippen molar-refractivity contribution >= 4 is 55.6 Å². The molecule has 4 heterocycles. The second kappa shape index (κ2) is 17.0. The number of H-pyrrole nitrogens is 1. The van der Waals surface area contributed by atoms with Crippen molar-refractivity contribution in [1.29, 1.82) is 0 Å². The van der Waals surface area contributed by atoms with Gasteiger partial charge in [0.25, 0.3) is 21.6 Å². The van der Waals surface area contributed by atoms with E-state index in [9.17, 15) is 23.3 Å². The number of sulfonamides is 1. The van der Waals surface area contributed by atoms with Crippen LogP contribution in [0.25, 0.3) is 11.0 Å². The Labute approximate surface area is 337 Å². The number of piperazine rings is 1. The number of rotatable bonds is 13. The number of fused-ring (bicyclic) bond motifs is 1. The minimum absolute atomic E-state index is 0.0219. The van der Waals surface area contributed by atoms with E-state index in [4.69, 9.17) is 21.1 Å². The highest BCUT2D eigenvalue weighted by Gasteiger charge is 2.33. The number of hydrogen-bond donors (Lipinski definition) is 3. The molecule has 3 fully saturated rings. The number of allylic oxidation sites excluding steroid dienone is 1. The van der Waals surface area contributed by atoms with E-state index in [2.05, 4.69) is 29.8 Å². The molecule has 1 amide bonds. The average Bonchev–Trinajstić information content (AvgIpc) is 3.68. The Morgan fingerprint density at radius 1 is 1.04 bits per heavy atom. The van der Waals surface area contributed by atoms with Crippen molar-refractivity contribution in [1.82, 2.24) is 19.6 Å². The highest BCUT2D eigenvalue weighted by molar-refractivity contribution is 7.90. The number of ether oxygens (including phenoxy) is 2. The number of nitrogens with one attached hydrogen (secondary N) is 3. The molecule has 0 atom stereocenters. The molecule has 4 aliphatic rings. The molecule has 2 aliphatic heterocycles. The van der Waals surface area contributed by atoms with Crippen LogP contribution in [-0.2, 0) is 14.8 Å². The fraction of sp³-hybridized carbons (Fsp3) is 0.463. The molecule has 0 radical (unpaired) electrons. The van der Waals surface area contributed by atoms with Gasteiger partial charge in [-0.1, -0.05) is 11.1 Å². The molecule has 2 aromatic carbocycles. The molecule has 2 aliphatic carbocycles. The van der Waals surface area contributed by atoms with Crippen LogP contribution in [0, 0.1) is 22.0 Å². The van der Waals surface area contributed by atoms with E-state index in [1.54, 1.807) is 41.6 Å². The molecule has 8 rings (SSSR count). The highest BCUT2D eigenvalue weighted by Crippen LogP contribution is 2.43. The molecule has 16 heteroatoms. The predicted molar refractivity (Wildman–Crippen MR) is 219 cm³/mol. The Morgan fingerprint density at radius 3 is 2.60 bits per heavy atom. The maximum absolute atomic E-state index is 13.8. The Balaban J connectivity index is 0.994. The van der Waals surface area contributed by atoms with Gasteiger partial charge in [0, 0.05) is 87.3 Å². The number of halogens is 1. The Hall–Kier alpha value is -4.70. The van der Waals surface area contributed by atoms with Crippen LogP contribution in [0.2, 0.25) is 0 Å². The van der Waals surface area contributed by atoms with Crippen LogP contribution < -0.4 is 19.7 Å². The monoisotopic (exact) mass is 817 g/mol. The lowest BCUT2D eigenvalue weighted by molar-refractivity contribution is -0.384. The van der Waals surface area contributed by atoms with Crippen LogP contribution >= 0.6 is 11.6 Å². The fourth-order valence-electron chi connectivity index (χ4n) is 8.43. The normalized spacial score (nSPS) is 21.0. The second-order valence-electron chi connectivity index (χ2n) is 15.5. The number of nitro groups is 1. The Bertz CT molecular complexity index is 2260. The molecule has 2 aromatic heterocycles. The van der Waals surface area contributed by atoms with Gasteiger partial charge in [0.05, 0.1) is 21.6 Å². The standard InChI is InChI=1S/C41H48ClN7O7S/c42-31-19-30(20-31)35-4-2-1-3-29(35)26-47-13-15-48(16-14-47)32-5-7-36(39(22-32)56-33-21-28-9-12-43-40(28)45-25-33)41(50)46-57(53,54)34-6-8-37(38(23-34)49(51)52)44-24-27-10-17-55-18-11-27/h5-9,12,21-23,25,27,30-31,44H,1-4,10-11,13-20,24,26H2,(H,43,45)(H,46,50). The summed E-state index contributed by atoms with van der Waals surface area (Å²) in [6.07, 6.45) is 12.0. The van der Waals surface area contributed by atoms with Gasteiger partial charge in [-0.15, -0.1) is 11.6 Å². The molecule has 0 unspecified atom stereocenters. The summed E-state index contributed by atoms with van der Waals surface area (Å²) in [7, 11) is -4.53. The molecule has 1 saturated carbocycles. The molecule has 2 saturated heterocycles. The maximum Gasteiger partial charge on any atom is 0.293 e. The summed E-state index contributed by atoms with van der Waals surface area (Å²) in [5.41, 5.74) is 4.53. The van der Waals surface area contributed by atoms with Crippen molar-refractivity contribution < 1.29 is 27.6 Å². The van der Waals surface area contributed by atoms with Gasteiger partial charge in [0.2, 0.25) is 0 Å². The number of hydrogen-bond acceptors (Lipinski definition) is 11. The second-order valence-corrected chi connectivity index (χ2v) is 17.8. The third-order valence-electron chi connectivity index (χ3n) is 11.8. The summed E-state index contributed by atoms with van der Waals surface area (Å²) in [4.78, 5) is 37.0. The summed E-state index contributed by atoms with van der Waals surface area (Å²) in [6, 6.07) is 12.3. The molecular formula is C41H48ClN7O7S. The zero-order valence-electron chi connectivity index (χ0n) is 31.8. The lowest BCUT2D eigenvalue weighted by Crippen LogP contribution is -2.47. The summed E-state index contributed by atoms with van der Waals surface area (Å²) >= 11 is 6.35. The smallest absolute Gasteiger partial charge is 0.293 e. The van der Waals surface area contributed by atoms with Crippen molar-refractivity contribution in [3.8, 4) is 11.5 Å². The number of anilines is 2. The van der Waals surface area contributed by atoms with E-state index < -0.39 is 31.4 Å². The van der Waals surface area contributed by atoms with Gasteiger partial charge >= 0.3 is 0 Å². The average molecular weight is 818 g/mol. The SMILES string of the molecule is O=C(NS(=O)(=O)c1ccc(NCC2CCOCC2)c([N+](=O)[O-])c1)c1ccc(N2CCN(CC3=C(C4CC(Cl)C4)CCCC3)CC2)cc1Oc1cnc2[nH]ccc2c1. The molecule has 4 aromatic rings. The fourth-order valence-corrected chi connectivity index (χ4v) is 9.85. The van der Waals surface area contributed by atoms with Crippen molar-refractivity contribution in [3.05, 3.63) is 87.7 Å². The van der Waals surface area contributed by atoms with E-state index >= 15 is 0 Å². The van der Waals surface area contributed by atoms with Crippen molar-refractivity contribution in [3.63, 3.8) is 0 Å². The van der Waals surface area contributed by atoms with Crippen LogP contribution in [-0.4, -0.2) is 92.0 Å². The number of aromatic amines is 1.